The molecule has 28 heavy (non-hydrogen) atoms. The van der Waals surface area contributed by atoms with Crippen LogP contribution >= 0.6 is 0 Å². The molecule has 152 valence electrons. The largest absolute Gasteiger partial charge is 0.496 e. The number of nitrogens with one attached hydrogen (secondary N) is 2. The number of sulfonamides is 1. The Balaban J connectivity index is 2.29. The minimum atomic E-state index is -3.88. The molecule has 0 aliphatic carbocycles. The molecule has 0 bridgehead atoms. The van der Waals surface area contributed by atoms with Crippen molar-refractivity contribution in [2.24, 2.45) is 0 Å². The van der Waals surface area contributed by atoms with E-state index in [-0.39, 0.29) is 23.3 Å². The first-order chi connectivity index (χ1) is 13.3. The SMILES string of the molecule is CCC(C)NC(=O)C(Cc1ccccc1)NS(=O)(=O)c1ccc(OC)c(C)c1. The van der Waals surface area contributed by atoms with Crippen LogP contribution in [0.25, 0.3) is 0 Å². The van der Waals surface area contributed by atoms with Crippen LogP contribution in [0.15, 0.2) is 53.4 Å². The number of hydrogen-bond acceptors (Lipinski definition) is 4. The summed E-state index contributed by atoms with van der Waals surface area (Å²) in [5.74, 6) is 0.265. The van der Waals surface area contributed by atoms with Crippen molar-refractivity contribution < 1.29 is 17.9 Å². The summed E-state index contributed by atoms with van der Waals surface area (Å²) in [4.78, 5) is 12.8. The third kappa shape index (κ3) is 5.81. The van der Waals surface area contributed by atoms with Gasteiger partial charge in [-0.1, -0.05) is 37.3 Å². The first-order valence-corrected chi connectivity index (χ1v) is 10.8. The van der Waals surface area contributed by atoms with Gasteiger partial charge in [0.1, 0.15) is 11.8 Å². The van der Waals surface area contributed by atoms with E-state index in [4.69, 9.17) is 4.74 Å². The average Bonchev–Trinajstić information content (AvgIpc) is 2.67. The molecule has 0 aliphatic rings. The molecule has 0 saturated heterocycles. The second kappa shape index (κ2) is 9.71. The van der Waals surface area contributed by atoms with Crippen molar-refractivity contribution in [3.63, 3.8) is 0 Å². The molecule has 2 rings (SSSR count). The molecular formula is C21H28N2O4S. The molecule has 0 aliphatic heterocycles. The smallest absolute Gasteiger partial charge is 0.241 e. The van der Waals surface area contributed by atoms with Gasteiger partial charge in [-0.25, -0.2) is 8.42 Å². The molecule has 7 heteroatoms. The first-order valence-electron chi connectivity index (χ1n) is 9.28. The fourth-order valence-corrected chi connectivity index (χ4v) is 4.04. The molecule has 0 radical (unpaired) electrons. The van der Waals surface area contributed by atoms with Crippen LogP contribution in [-0.4, -0.2) is 33.5 Å². The van der Waals surface area contributed by atoms with Crippen molar-refractivity contribution in [1.29, 1.82) is 0 Å². The van der Waals surface area contributed by atoms with Crippen LogP contribution in [0.1, 0.15) is 31.4 Å². The topological polar surface area (TPSA) is 84.5 Å². The van der Waals surface area contributed by atoms with E-state index in [9.17, 15) is 13.2 Å². The van der Waals surface area contributed by atoms with Crippen molar-refractivity contribution in [1.82, 2.24) is 10.0 Å². The maximum atomic E-state index is 12.9. The van der Waals surface area contributed by atoms with E-state index in [1.807, 2.05) is 44.2 Å². The zero-order valence-electron chi connectivity index (χ0n) is 16.7. The maximum Gasteiger partial charge on any atom is 0.241 e. The molecular weight excluding hydrogens is 376 g/mol. The third-order valence-electron chi connectivity index (χ3n) is 4.57. The number of aryl methyl sites for hydroxylation is 1. The quantitative estimate of drug-likeness (QED) is 0.673. The number of amides is 1. The zero-order valence-corrected chi connectivity index (χ0v) is 17.5. The van der Waals surface area contributed by atoms with Gasteiger partial charge in [-0.2, -0.15) is 4.72 Å². The number of hydrogen-bond donors (Lipinski definition) is 2. The Morgan fingerprint density at radius 2 is 1.82 bits per heavy atom. The van der Waals surface area contributed by atoms with Crippen LogP contribution in [0.3, 0.4) is 0 Å². The van der Waals surface area contributed by atoms with E-state index in [2.05, 4.69) is 10.0 Å². The Bertz CT molecular complexity index is 898. The minimum absolute atomic E-state index is 0.0430. The molecule has 2 aromatic rings. The Labute approximate surface area is 167 Å². The molecule has 2 aromatic carbocycles. The summed E-state index contributed by atoms with van der Waals surface area (Å²) in [6.07, 6.45) is 1.02. The molecule has 1 amide bonds. The van der Waals surface area contributed by atoms with Gasteiger partial charge >= 0.3 is 0 Å². The van der Waals surface area contributed by atoms with E-state index in [1.165, 1.54) is 19.2 Å². The van der Waals surface area contributed by atoms with Crippen molar-refractivity contribution >= 4 is 15.9 Å². The Hall–Kier alpha value is -2.38. The molecule has 2 N–H and O–H groups in total. The van der Waals surface area contributed by atoms with Gasteiger partial charge in [0.15, 0.2) is 0 Å². The van der Waals surface area contributed by atoms with E-state index in [0.717, 1.165) is 12.0 Å². The normalized spacial score (nSPS) is 13.6. The summed E-state index contributed by atoms with van der Waals surface area (Å²) in [6.45, 7) is 5.62. The van der Waals surface area contributed by atoms with Crippen molar-refractivity contribution in [2.75, 3.05) is 7.11 Å². The minimum Gasteiger partial charge on any atom is -0.496 e. The average molecular weight is 405 g/mol. The van der Waals surface area contributed by atoms with Crippen LogP contribution in [0.2, 0.25) is 0 Å². The van der Waals surface area contributed by atoms with E-state index >= 15 is 0 Å². The molecule has 0 fully saturated rings. The van der Waals surface area contributed by atoms with E-state index in [0.29, 0.717) is 11.3 Å². The van der Waals surface area contributed by atoms with Gasteiger partial charge in [-0.15, -0.1) is 0 Å². The first kappa shape index (κ1) is 21.9. The van der Waals surface area contributed by atoms with Gasteiger partial charge in [0.2, 0.25) is 15.9 Å². The molecule has 0 saturated carbocycles. The second-order valence-electron chi connectivity index (χ2n) is 6.81. The summed E-state index contributed by atoms with van der Waals surface area (Å²) in [5.41, 5.74) is 1.58. The fourth-order valence-electron chi connectivity index (χ4n) is 2.76. The summed E-state index contributed by atoms with van der Waals surface area (Å²) in [5, 5.41) is 2.87. The van der Waals surface area contributed by atoms with Crippen LogP contribution in [0.5, 0.6) is 5.75 Å². The van der Waals surface area contributed by atoms with Gasteiger partial charge in [0.05, 0.1) is 12.0 Å². The van der Waals surface area contributed by atoms with Gasteiger partial charge in [0.25, 0.3) is 0 Å². The number of methoxy groups -OCH3 is 1. The zero-order chi connectivity index (χ0) is 20.7. The Kier molecular flexibility index (Phi) is 7.60. The molecule has 6 nitrogen and oxygen atoms in total. The molecule has 0 aromatic heterocycles. The van der Waals surface area contributed by atoms with Gasteiger partial charge < -0.3 is 10.1 Å². The fraction of sp³-hybridized carbons (Fsp3) is 0.381. The van der Waals surface area contributed by atoms with Crippen molar-refractivity contribution in [2.45, 2.75) is 50.6 Å². The highest BCUT2D eigenvalue weighted by Crippen LogP contribution is 2.21. The van der Waals surface area contributed by atoms with Crippen molar-refractivity contribution in [3.8, 4) is 5.75 Å². The molecule has 0 heterocycles. The lowest BCUT2D eigenvalue weighted by molar-refractivity contribution is -0.123. The number of carbonyl (C=O) groups excluding carboxylic acids is 1. The van der Waals surface area contributed by atoms with Crippen LogP contribution in [-0.2, 0) is 21.2 Å². The third-order valence-corrected chi connectivity index (χ3v) is 6.04. The number of carbonyl (C=O) groups is 1. The van der Waals surface area contributed by atoms with Gasteiger partial charge in [-0.05, 0) is 56.0 Å². The maximum absolute atomic E-state index is 12.9. The lowest BCUT2D eigenvalue weighted by atomic mass is 10.1. The summed E-state index contributed by atoms with van der Waals surface area (Å²) < 4.78 is 33.6. The van der Waals surface area contributed by atoms with Gasteiger partial charge in [0, 0.05) is 6.04 Å². The molecule has 2 unspecified atom stereocenters. The monoisotopic (exact) mass is 404 g/mol. The standard InChI is InChI=1S/C21H28N2O4S/c1-5-16(3)22-21(24)19(14-17-9-7-6-8-10-17)23-28(25,26)18-11-12-20(27-4)15(2)13-18/h6-13,16,19,23H,5,14H2,1-4H3,(H,22,24). The highest BCUT2D eigenvalue weighted by molar-refractivity contribution is 7.89. The highest BCUT2D eigenvalue weighted by Gasteiger charge is 2.27. The Morgan fingerprint density at radius 3 is 2.39 bits per heavy atom. The lowest BCUT2D eigenvalue weighted by Crippen LogP contribution is -2.50. The molecule has 0 spiro atoms. The number of benzene rings is 2. The van der Waals surface area contributed by atoms with Crippen molar-refractivity contribution in [3.05, 3.63) is 59.7 Å². The van der Waals surface area contributed by atoms with Crippen LogP contribution in [0, 0.1) is 6.92 Å². The summed E-state index contributed by atoms with van der Waals surface area (Å²) in [7, 11) is -2.35. The van der Waals surface area contributed by atoms with E-state index in [1.54, 1.807) is 13.0 Å². The van der Waals surface area contributed by atoms with Crippen LogP contribution in [0.4, 0.5) is 0 Å². The highest BCUT2D eigenvalue weighted by atomic mass is 32.2. The number of rotatable bonds is 9. The Morgan fingerprint density at radius 1 is 1.14 bits per heavy atom. The second-order valence-corrected chi connectivity index (χ2v) is 8.53. The van der Waals surface area contributed by atoms with Gasteiger partial charge in [-0.3, -0.25) is 4.79 Å². The van der Waals surface area contributed by atoms with E-state index < -0.39 is 16.1 Å². The summed E-state index contributed by atoms with van der Waals surface area (Å²) in [6, 6.07) is 13.0. The predicted octanol–water partition coefficient (Wildman–Crippen LogP) is 2.81. The van der Waals surface area contributed by atoms with Crippen LogP contribution < -0.4 is 14.8 Å². The molecule has 2 atom stereocenters. The number of ether oxygens (including phenoxy) is 1. The summed E-state index contributed by atoms with van der Waals surface area (Å²) >= 11 is 0. The lowest BCUT2D eigenvalue weighted by Gasteiger charge is -2.21. The predicted molar refractivity (Wildman–Crippen MR) is 110 cm³/mol.